The van der Waals surface area contributed by atoms with Crippen molar-refractivity contribution in [3.8, 4) is 0 Å². The van der Waals surface area contributed by atoms with Crippen LogP contribution in [0.3, 0.4) is 0 Å². The van der Waals surface area contributed by atoms with Crippen LogP contribution in [0.25, 0.3) is 0 Å². The summed E-state index contributed by atoms with van der Waals surface area (Å²) in [6, 6.07) is 0. The van der Waals surface area contributed by atoms with Gasteiger partial charge in [0.25, 0.3) is 0 Å². The van der Waals surface area contributed by atoms with Gasteiger partial charge in [-0.05, 0) is 12.5 Å². The molecule has 0 aliphatic heterocycles. The molecule has 0 saturated carbocycles. The second kappa shape index (κ2) is 9.63. The van der Waals surface area contributed by atoms with Crippen molar-refractivity contribution in [1.82, 2.24) is 0 Å². The van der Waals surface area contributed by atoms with Crippen molar-refractivity contribution in [2.75, 3.05) is 33.4 Å². The first-order chi connectivity index (χ1) is 8.14. The van der Waals surface area contributed by atoms with Crippen LogP contribution in [0.5, 0.6) is 0 Å². The molecule has 102 valence electrons. The first-order valence-corrected chi connectivity index (χ1v) is 6.82. The second-order valence-corrected chi connectivity index (χ2v) is 4.84. The van der Waals surface area contributed by atoms with Crippen molar-refractivity contribution in [2.45, 2.75) is 45.8 Å². The quantitative estimate of drug-likeness (QED) is 0.262. The van der Waals surface area contributed by atoms with Gasteiger partial charge in [-0.25, -0.2) is 0 Å². The first-order valence-electron chi connectivity index (χ1n) is 6.82. The van der Waals surface area contributed by atoms with E-state index in [9.17, 15) is 5.11 Å². The first kappa shape index (κ1) is 16.6. The summed E-state index contributed by atoms with van der Waals surface area (Å²) in [5, 5.41) is 9.18. The van der Waals surface area contributed by atoms with Crippen LogP contribution >= 0.6 is 0 Å². The molecule has 3 nitrogen and oxygen atoms in total. The normalized spacial score (nSPS) is 16.5. The van der Waals surface area contributed by atoms with E-state index in [0.717, 1.165) is 37.0 Å². The Kier molecular flexibility index (Phi) is 9.41. The van der Waals surface area contributed by atoms with Crippen LogP contribution < -0.4 is 0 Å². The summed E-state index contributed by atoms with van der Waals surface area (Å²) in [6.07, 6.45) is 6.61. The van der Waals surface area contributed by atoms with Crippen LogP contribution in [0, 0.1) is 0 Å². The summed E-state index contributed by atoms with van der Waals surface area (Å²) in [4.78, 5) is 0. The van der Waals surface area contributed by atoms with Crippen LogP contribution in [0.4, 0.5) is 0 Å². The van der Waals surface area contributed by atoms with Gasteiger partial charge in [0.2, 0.25) is 0 Å². The average Bonchev–Trinajstić information content (AvgIpc) is 2.29. The molecule has 0 bridgehead atoms. The van der Waals surface area contributed by atoms with E-state index in [1.54, 1.807) is 0 Å². The Balaban J connectivity index is 4.29. The average molecular weight is 244 g/mol. The molecule has 0 saturated heterocycles. The van der Waals surface area contributed by atoms with Gasteiger partial charge in [-0.3, -0.25) is 4.48 Å². The van der Waals surface area contributed by atoms with Gasteiger partial charge >= 0.3 is 0 Å². The molecule has 0 amide bonds. The lowest BCUT2D eigenvalue weighted by molar-refractivity contribution is -0.950. The number of hydrogen-bond donors (Lipinski definition) is 1. The maximum Gasteiger partial charge on any atom is 0.193 e. The highest BCUT2D eigenvalue weighted by atomic mass is 16.5. The van der Waals surface area contributed by atoms with Crippen molar-refractivity contribution in [3.63, 3.8) is 0 Å². The highest BCUT2D eigenvalue weighted by molar-refractivity contribution is 4.66. The van der Waals surface area contributed by atoms with E-state index in [-0.39, 0.29) is 12.8 Å². The summed E-state index contributed by atoms with van der Waals surface area (Å²) in [7, 11) is 2.13. The molecule has 0 heterocycles. The number of rotatable bonds is 11. The highest BCUT2D eigenvalue weighted by Gasteiger charge is 2.30. The van der Waals surface area contributed by atoms with Crippen LogP contribution in [-0.2, 0) is 4.74 Å². The monoisotopic (exact) mass is 244 g/mol. The van der Waals surface area contributed by atoms with E-state index >= 15 is 0 Å². The summed E-state index contributed by atoms with van der Waals surface area (Å²) < 4.78 is 6.70. The standard InChI is InChI=1S/C14H30NO2/c1-5-8-9-13-17-14(7-3)15(4,10-6-2)11-12-16/h6,14,16H,2,5,7-13H2,1,3-4H3/q+1. The van der Waals surface area contributed by atoms with Crippen molar-refractivity contribution in [2.24, 2.45) is 0 Å². The molecule has 2 atom stereocenters. The van der Waals surface area contributed by atoms with Crippen LogP contribution in [0.2, 0.25) is 0 Å². The maximum absolute atomic E-state index is 9.18. The Hall–Kier alpha value is -0.380. The third kappa shape index (κ3) is 6.20. The van der Waals surface area contributed by atoms with E-state index in [4.69, 9.17) is 4.74 Å². The topological polar surface area (TPSA) is 29.5 Å². The Morgan fingerprint density at radius 3 is 2.53 bits per heavy atom. The molecule has 0 spiro atoms. The van der Waals surface area contributed by atoms with E-state index in [2.05, 4.69) is 27.5 Å². The van der Waals surface area contributed by atoms with Gasteiger partial charge < -0.3 is 9.84 Å². The molecule has 0 aromatic carbocycles. The smallest absolute Gasteiger partial charge is 0.193 e. The zero-order valence-electron chi connectivity index (χ0n) is 11.8. The van der Waals surface area contributed by atoms with Gasteiger partial charge in [0.15, 0.2) is 6.23 Å². The molecule has 0 aliphatic carbocycles. The highest BCUT2D eigenvalue weighted by Crippen LogP contribution is 2.16. The zero-order valence-corrected chi connectivity index (χ0v) is 11.8. The Morgan fingerprint density at radius 2 is 2.06 bits per heavy atom. The van der Waals surface area contributed by atoms with E-state index in [1.165, 1.54) is 12.8 Å². The Labute approximate surface area is 107 Å². The van der Waals surface area contributed by atoms with Crippen molar-refractivity contribution in [3.05, 3.63) is 12.7 Å². The fourth-order valence-corrected chi connectivity index (χ4v) is 2.19. The van der Waals surface area contributed by atoms with Gasteiger partial charge in [-0.1, -0.05) is 33.3 Å². The third-order valence-corrected chi connectivity index (χ3v) is 3.26. The fraction of sp³-hybridized carbons (Fsp3) is 0.857. The molecule has 1 N–H and O–H groups in total. The predicted molar refractivity (Wildman–Crippen MR) is 72.8 cm³/mol. The molecule has 0 aromatic rings. The van der Waals surface area contributed by atoms with E-state index in [1.807, 2.05) is 6.08 Å². The third-order valence-electron chi connectivity index (χ3n) is 3.26. The second-order valence-electron chi connectivity index (χ2n) is 4.84. The lowest BCUT2D eigenvalue weighted by Crippen LogP contribution is -2.55. The maximum atomic E-state index is 9.18. The van der Waals surface area contributed by atoms with Crippen LogP contribution in [0.1, 0.15) is 39.5 Å². The zero-order chi connectivity index (χ0) is 13.1. The van der Waals surface area contributed by atoms with Gasteiger partial charge in [0, 0.05) is 6.42 Å². The summed E-state index contributed by atoms with van der Waals surface area (Å²) in [5.41, 5.74) is 0. The molecule has 0 radical (unpaired) electrons. The molecule has 3 heteroatoms. The fourth-order valence-electron chi connectivity index (χ4n) is 2.19. The number of likely N-dealkylation sites (N-methyl/N-ethyl adjacent to an activating group) is 1. The van der Waals surface area contributed by atoms with Gasteiger partial charge in [-0.15, -0.1) is 0 Å². The Bertz CT molecular complexity index is 197. The molecule has 2 unspecified atom stereocenters. The van der Waals surface area contributed by atoms with Crippen molar-refractivity contribution in [1.29, 1.82) is 0 Å². The van der Waals surface area contributed by atoms with Crippen molar-refractivity contribution < 1.29 is 14.3 Å². The molecule has 0 fully saturated rings. The summed E-state index contributed by atoms with van der Waals surface area (Å²) >= 11 is 0. The molecular weight excluding hydrogens is 214 g/mol. The number of unbranched alkanes of at least 4 members (excludes halogenated alkanes) is 2. The number of ether oxygens (including phenoxy) is 1. The Morgan fingerprint density at radius 1 is 1.35 bits per heavy atom. The van der Waals surface area contributed by atoms with E-state index in [0.29, 0.717) is 0 Å². The lowest BCUT2D eigenvalue weighted by atomic mass is 10.2. The van der Waals surface area contributed by atoms with Crippen LogP contribution in [-0.4, -0.2) is 49.2 Å². The molecule has 0 aliphatic rings. The minimum Gasteiger partial charge on any atom is -0.391 e. The SMILES string of the molecule is C=CC[N+](C)(CCO)C(CC)OCCCCC. The molecular formula is C14H30NO2+. The number of quaternary nitrogens is 1. The van der Waals surface area contributed by atoms with Gasteiger partial charge in [0.1, 0.15) is 6.54 Å². The van der Waals surface area contributed by atoms with Crippen LogP contribution in [0.15, 0.2) is 12.7 Å². The molecule has 17 heavy (non-hydrogen) atoms. The van der Waals surface area contributed by atoms with Gasteiger partial charge in [-0.2, -0.15) is 0 Å². The van der Waals surface area contributed by atoms with Gasteiger partial charge in [0.05, 0.1) is 26.8 Å². The lowest BCUT2D eigenvalue weighted by Gasteiger charge is -2.39. The largest absolute Gasteiger partial charge is 0.391 e. The van der Waals surface area contributed by atoms with Crippen molar-refractivity contribution >= 4 is 0 Å². The number of hydrogen-bond acceptors (Lipinski definition) is 2. The summed E-state index contributed by atoms with van der Waals surface area (Å²) in [6.45, 7) is 10.7. The molecule has 0 aromatic heterocycles. The van der Waals surface area contributed by atoms with E-state index < -0.39 is 0 Å². The number of aliphatic hydroxyl groups excluding tert-OH is 1. The number of nitrogens with zero attached hydrogens (tertiary/aromatic N) is 1. The predicted octanol–water partition coefficient (Wildman–Crippen LogP) is 2.55. The minimum absolute atomic E-state index is 0.164. The molecule has 0 rings (SSSR count). The minimum atomic E-state index is 0.164. The summed E-state index contributed by atoms with van der Waals surface area (Å²) in [5.74, 6) is 0. The number of aliphatic hydroxyl groups is 1.